The molecule has 0 amide bonds. The Morgan fingerprint density at radius 2 is 2.08 bits per heavy atom. The van der Waals surface area contributed by atoms with Crippen molar-refractivity contribution < 1.29 is 0 Å². The van der Waals surface area contributed by atoms with Crippen LogP contribution in [0.25, 0.3) is 0 Å². The molecular weight excluding hydrogens is 144 g/mol. The molecule has 0 atom stereocenters. The molecule has 0 aliphatic heterocycles. The number of hydrogen-bond donors (Lipinski definition) is 0. The van der Waals surface area contributed by atoms with E-state index >= 15 is 0 Å². The SMILES string of the molecule is C.CC(C)CCC1=CCCCC1. The summed E-state index contributed by atoms with van der Waals surface area (Å²) in [5.74, 6) is 0.873. The summed E-state index contributed by atoms with van der Waals surface area (Å²) in [4.78, 5) is 0. The summed E-state index contributed by atoms with van der Waals surface area (Å²) in [5.41, 5.74) is 1.73. The zero-order valence-corrected chi connectivity index (χ0v) is 7.90. The summed E-state index contributed by atoms with van der Waals surface area (Å²) in [6.07, 6.45) is 10.8. The lowest BCUT2D eigenvalue weighted by molar-refractivity contribution is 0.562. The van der Waals surface area contributed by atoms with Gasteiger partial charge in [0.1, 0.15) is 0 Å². The molecule has 0 aromatic rings. The molecule has 0 fully saturated rings. The van der Waals surface area contributed by atoms with Crippen LogP contribution in [0.4, 0.5) is 0 Å². The lowest BCUT2D eigenvalue weighted by Crippen LogP contribution is -1.94. The molecule has 0 spiro atoms. The molecule has 12 heavy (non-hydrogen) atoms. The first kappa shape index (κ1) is 11.7. The van der Waals surface area contributed by atoms with E-state index in [0.717, 1.165) is 5.92 Å². The third-order valence-corrected chi connectivity index (χ3v) is 2.43. The molecule has 0 aromatic carbocycles. The van der Waals surface area contributed by atoms with Gasteiger partial charge in [-0.25, -0.2) is 0 Å². The Labute approximate surface area is 78.1 Å². The Kier molecular flexibility index (Phi) is 6.14. The van der Waals surface area contributed by atoms with Gasteiger partial charge in [-0.2, -0.15) is 0 Å². The number of rotatable bonds is 3. The molecule has 1 rings (SSSR count). The summed E-state index contributed by atoms with van der Waals surface area (Å²) in [6.45, 7) is 4.62. The minimum absolute atomic E-state index is 0. The highest BCUT2D eigenvalue weighted by molar-refractivity contribution is 5.04. The molecule has 0 nitrogen and oxygen atoms in total. The lowest BCUT2D eigenvalue weighted by Gasteiger charge is -2.13. The average Bonchev–Trinajstić information content (AvgIpc) is 2.03. The predicted octanol–water partition coefficient (Wildman–Crippen LogP) is 4.56. The monoisotopic (exact) mass is 168 g/mol. The molecule has 0 unspecified atom stereocenters. The summed E-state index contributed by atoms with van der Waals surface area (Å²) in [5, 5.41) is 0. The van der Waals surface area contributed by atoms with Crippen molar-refractivity contribution in [2.45, 2.75) is 59.8 Å². The molecule has 0 heteroatoms. The molecule has 0 heterocycles. The van der Waals surface area contributed by atoms with Gasteiger partial charge >= 0.3 is 0 Å². The van der Waals surface area contributed by atoms with E-state index in [1.807, 2.05) is 0 Å². The van der Waals surface area contributed by atoms with E-state index in [2.05, 4.69) is 19.9 Å². The van der Waals surface area contributed by atoms with Crippen molar-refractivity contribution in [3.05, 3.63) is 11.6 Å². The first-order chi connectivity index (χ1) is 5.29. The Morgan fingerprint density at radius 3 is 2.58 bits per heavy atom. The van der Waals surface area contributed by atoms with E-state index < -0.39 is 0 Å². The Balaban J connectivity index is 0.00000121. The van der Waals surface area contributed by atoms with E-state index in [-0.39, 0.29) is 7.43 Å². The summed E-state index contributed by atoms with van der Waals surface area (Å²) < 4.78 is 0. The van der Waals surface area contributed by atoms with Gasteiger partial charge in [-0.3, -0.25) is 0 Å². The van der Waals surface area contributed by atoms with Crippen molar-refractivity contribution in [2.75, 3.05) is 0 Å². The molecule has 0 saturated heterocycles. The quantitative estimate of drug-likeness (QED) is 0.542. The number of hydrogen-bond acceptors (Lipinski definition) is 0. The first-order valence-corrected chi connectivity index (χ1v) is 4.97. The third-order valence-electron chi connectivity index (χ3n) is 2.43. The maximum Gasteiger partial charge on any atom is -0.0318 e. The molecule has 0 aromatic heterocycles. The molecular formula is C12H24. The minimum atomic E-state index is 0. The maximum atomic E-state index is 2.46. The molecule has 0 radical (unpaired) electrons. The van der Waals surface area contributed by atoms with Gasteiger partial charge in [-0.15, -0.1) is 0 Å². The van der Waals surface area contributed by atoms with Gasteiger partial charge < -0.3 is 0 Å². The van der Waals surface area contributed by atoms with Gasteiger partial charge in [0.05, 0.1) is 0 Å². The summed E-state index contributed by atoms with van der Waals surface area (Å²) in [6, 6.07) is 0. The van der Waals surface area contributed by atoms with Crippen LogP contribution in [0.5, 0.6) is 0 Å². The van der Waals surface area contributed by atoms with E-state index in [4.69, 9.17) is 0 Å². The second kappa shape index (κ2) is 6.28. The lowest BCUT2D eigenvalue weighted by atomic mass is 9.94. The van der Waals surface area contributed by atoms with Crippen LogP contribution < -0.4 is 0 Å². The molecule has 0 bridgehead atoms. The van der Waals surface area contributed by atoms with Gasteiger partial charge in [-0.05, 0) is 44.4 Å². The molecule has 0 N–H and O–H groups in total. The van der Waals surface area contributed by atoms with Crippen LogP contribution >= 0.6 is 0 Å². The van der Waals surface area contributed by atoms with Gasteiger partial charge in [0.25, 0.3) is 0 Å². The average molecular weight is 168 g/mol. The highest BCUT2D eigenvalue weighted by Gasteiger charge is 2.03. The normalized spacial score (nSPS) is 17.1. The van der Waals surface area contributed by atoms with E-state index in [1.165, 1.54) is 38.5 Å². The topological polar surface area (TPSA) is 0 Å². The van der Waals surface area contributed by atoms with Crippen molar-refractivity contribution in [3.63, 3.8) is 0 Å². The van der Waals surface area contributed by atoms with E-state index in [0.29, 0.717) is 0 Å². The minimum Gasteiger partial charge on any atom is -0.0853 e. The van der Waals surface area contributed by atoms with Crippen LogP contribution in [0.3, 0.4) is 0 Å². The van der Waals surface area contributed by atoms with Crippen LogP contribution in [0.1, 0.15) is 59.8 Å². The molecule has 1 aliphatic carbocycles. The second-order valence-electron chi connectivity index (χ2n) is 4.04. The van der Waals surface area contributed by atoms with E-state index in [9.17, 15) is 0 Å². The summed E-state index contributed by atoms with van der Waals surface area (Å²) >= 11 is 0. The zero-order chi connectivity index (χ0) is 8.10. The smallest absolute Gasteiger partial charge is 0.0318 e. The Bertz CT molecular complexity index is 131. The fourth-order valence-corrected chi connectivity index (χ4v) is 1.61. The van der Waals surface area contributed by atoms with Crippen LogP contribution in [-0.2, 0) is 0 Å². The second-order valence-corrected chi connectivity index (χ2v) is 4.04. The van der Waals surface area contributed by atoms with Gasteiger partial charge in [0.2, 0.25) is 0 Å². The molecule has 72 valence electrons. The van der Waals surface area contributed by atoms with Crippen molar-refractivity contribution in [2.24, 2.45) is 5.92 Å². The van der Waals surface area contributed by atoms with Crippen LogP contribution in [0, 0.1) is 5.92 Å². The molecule has 1 aliphatic rings. The maximum absolute atomic E-state index is 2.46. The van der Waals surface area contributed by atoms with Gasteiger partial charge in [0, 0.05) is 0 Å². The highest BCUT2D eigenvalue weighted by Crippen LogP contribution is 2.22. The Morgan fingerprint density at radius 1 is 1.33 bits per heavy atom. The van der Waals surface area contributed by atoms with Crippen molar-refractivity contribution in [1.82, 2.24) is 0 Å². The third kappa shape index (κ3) is 4.58. The molecule has 0 saturated carbocycles. The van der Waals surface area contributed by atoms with Crippen LogP contribution in [0.15, 0.2) is 11.6 Å². The van der Waals surface area contributed by atoms with Gasteiger partial charge in [-0.1, -0.05) is 32.9 Å². The van der Waals surface area contributed by atoms with Crippen molar-refractivity contribution in [3.8, 4) is 0 Å². The zero-order valence-electron chi connectivity index (χ0n) is 7.90. The highest BCUT2D eigenvalue weighted by atomic mass is 14.1. The van der Waals surface area contributed by atoms with Gasteiger partial charge in [0.15, 0.2) is 0 Å². The van der Waals surface area contributed by atoms with Crippen LogP contribution in [-0.4, -0.2) is 0 Å². The van der Waals surface area contributed by atoms with E-state index in [1.54, 1.807) is 5.57 Å². The number of allylic oxidation sites excluding steroid dienone is 2. The van der Waals surface area contributed by atoms with Crippen molar-refractivity contribution >= 4 is 0 Å². The fraction of sp³-hybridized carbons (Fsp3) is 0.833. The van der Waals surface area contributed by atoms with Crippen LogP contribution in [0.2, 0.25) is 0 Å². The first-order valence-electron chi connectivity index (χ1n) is 4.97. The standard InChI is InChI=1S/C11H20.CH4/c1-10(2)8-9-11-6-4-3-5-7-11;/h6,10H,3-5,7-9H2,1-2H3;1H4. The van der Waals surface area contributed by atoms with Crippen molar-refractivity contribution in [1.29, 1.82) is 0 Å². The fourth-order valence-electron chi connectivity index (χ4n) is 1.61. The largest absolute Gasteiger partial charge is 0.0853 e. The summed E-state index contributed by atoms with van der Waals surface area (Å²) in [7, 11) is 0. The predicted molar refractivity (Wildman–Crippen MR) is 57.4 cm³/mol. The Hall–Kier alpha value is -0.260.